The van der Waals surface area contributed by atoms with Gasteiger partial charge in [0.25, 0.3) is 0 Å². The number of aryl methyl sites for hydroxylation is 2. The highest BCUT2D eigenvalue weighted by Gasteiger charge is 2.15. The van der Waals surface area contributed by atoms with E-state index in [0.29, 0.717) is 27.2 Å². The van der Waals surface area contributed by atoms with E-state index in [1.807, 2.05) is 13.8 Å². The Hall–Kier alpha value is -3.62. The maximum atomic E-state index is 8.89. The zero-order valence-electron chi connectivity index (χ0n) is 17.8. The van der Waals surface area contributed by atoms with Crippen molar-refractivity contribution in [2.75, 3.05) is 11.1 Å². The van der Waals surface area contributed by atoms with Gasteiger partial charge in [-0.2, -0.15) is 15.2 Å². The maximum absolute atomic E-state index is 8.89. The molecule has 0 amide bonds. The molecule has 8 heteroatoms. The van der Waals surface area contributed by atoms with Crippen LogP contribution in [-0.2, 0) is 0 Å². The Balaban J connectivity index is 0.00000107. The third kappa shape index (κ3) is 6.18. The lowest BCUT2D eigenvalue weighted by Gasteiger charge is -2.15. The van der Waals surface area contributed by atoms with Crippen LogP contribution in [0.25, 0.3) is 4.85 Å². The van der Waals surface area contributed by atoms with Crippen LogP contribution in [0.4, 0.5) is 23.1 Å². The largest absolute Gasteiger partial charge is 0.437 e. The second-order valence-electron chi connectivity index (χ2n) is 6.70. The van der Waals surface area contributed by atoms with Crippen molar-refractivity contribution in [1.82, 2.24) is 9.97 Å². The Morgan fingerprint density at radius 3 is 2.26 bits per heavy atom. The van der Waals surface area contributed by atoms with Gasteiger partial charge in [0.15, 0.2) is 5.69 Å². The zero-order valence-corrected chi connectivity index (χ0v) is 19.4. The number of rotatable bonds is 4. The fourth-order valence-corrected chi connectivity index (χ4v) is 2.83. The van der Waals surface area contributed by atoms with Gasteiger partial charge in [0.05, 0.1) is 18.2 Å². The molecule has 0 spiro atoms. The first kappa shape index (κ1) is 23.7. The number of hydrogen-bond acceptors (Lipinski definition) is 6. The molecule has 0 saturated carbocycles. The molecule has 0 atom stereocenters. The average molecular weight is 479 g/mol. The molecule has 1 heterocycles. The molecule has 0 fully saturated rings. The van der Waals surface area contributed by atoms with E-state index in [1.165, 1.54) is 6.42 Å². The summed E-state index contributed by atoms with van der Waals surface area (Å²) < 4.78 is 6.44. The van der Waals surface area contributed by atoms with E-state index in [1.54, 1.807) is 36.4 Å². The van der Waals surface area contributed by atoms with E-state index in [4.69, 9.17) is 22.3 Å². The summed E-state index contributed by atoms with van der Waals surface area (Å²) in [7, 11) is 0. The first-order valence-electron chi connectivity index (χ1n) is 9.59. The number of aromatic nitrogens is 2. The van der Waals surface area contributed by atoms with Gasteiger partial charge in [-0.1, -0.05) is 20.3 Å². The quantitative estimate of drug-likeness (QED) is 0.399. The Labute approximate surface area is 190 Å². The highest BCUT2D eigenvalue weighted by molar-refractivity contribution is 9.10. The summed E-state index contributed by atoms with van der Waals surface area (Å²) in [6.07, 6.45) is 1.25. The van der Waals surface area contributed by atoms with Crippen LogP contribution in [0, 0.1) is 31.8 Å². The van der Waals surface area contributed by atoms with Gasteiger partial charge in [-0.05, 0) is 77.3 Å². The predicted octanol–water partition coefficient (Wildman–Crippen LogP) is 6.81. The fraction of sp³-hybridized carbons (Fsp3) is 0.217. The van der Waals surface area contributed by atoms with Crippen LogP contribution < -0.4 is 15.8 Å². The van der Waals surface area contributed by atoms with Crippen LogP contribution in [0.5, 0.6) is 11.6 Å². The van der Waals surface area contributed by atoms with E-state index in [0.717, 1.165) is 11.1 Å². The van der Waals surface area contributed by atoms with Gasteiger partial charge in [0.2, 0.25) is 11.8 Å². The Morgan fingerprint density at radius 2 is 1.74 bits per heavy atom. The molecule has 31 heavy (non-hydrogen) atoms. The average Bonchev–Trinajstić information content (AvgIpc) is 2.74. The number of nitrogens with one attached hydrogen (secondary N) is 1. The van der Waals surface area contributed by atoms with Gasteiger partial charge in [-0.3, -0.25) is 0 Å². The summed E-state index contributed by atoms with van der Waals surface area (Å²) in [5.41, 5.74) is 9.44. The van der Waals surface area contributed by atoms with E-state index < -0.39 is 0 Å². The van der Waals surface area contributed by atoms with E-state index in [-0.39, 0.29) is 17.6 Å². The van der Waals surface area contributed by atoms with E-state index in [2.05, 4.69) is 56.0 Å². The van der Waals surface area contributed by atoms with Crippen LogP contribution in [0.1, 0.15) is 37.0 Å². The molecule has 3 N–H and O–H groups in total. The summed E-state index contributed by atoms with van der Waals surface area (Å²) in [5.74, 6) is 1.34. The molecule has 2 aromatic carbocycles. The zero-order chi connectivity index (χ0) is 23.0. The number of benzene rings is 2. The molecule has 158 valence electrons. The molecule has 3 aromatic rings. The lowest BCUT2D eigenvalue weighted by Crippen LogP contribution is -2.04. The fourth-order valence-electron chi connectivity index (χ4n) is 2.57. The first-order chi connectivity index (χ1) is 14.8. The monoisotopic (exact) mass is 478 g/mol. The second-order valence-corrected chi connectivity index (χ2v) is 7.49. The van der Waals surface area contributed by atoms with Crippen LogP contribution in [0.2, 0.25) is 0 Å². The highest BCUT2D eigenvalue weighted by Crippen LogP contribution is 2.37. The smallest absolute Gasteiger partial charge is 0.240 e. The van der Waals surface area contributed by atoms with Gasteiger partial charge in [-0.15, -0.1) is 0 Å². The van der Waals surface area contributed by atoms with Crippen LogP contribution in [-0.4, -0.2) is 9.97 Å². The number of nitriles is 1. The third-order valence-electron chi connectivity index (χ3n) is 3.89. The molecule has 1 aromatic heterocycles. The summed E-state index contributed by atoms with van der Waals surface area (Å²) in [5, 5.41) is 11.9. The van der Waals surface area contributed by atoms with Crippen LogP contribution in [0.3, 0.4) is 0 Å². The van der Waals surface area contributed by atoms with Crippen molar-refractivity contribution in [3.05, 3.63) is 69.0 Å². The van der Waals surface area contributed by atoms with Crippen molar-refractivity contribution in [2.45, 2.75) is 34.1 Å². The Bertz CT molecular complexity index is 1120. The lowest BCUT2D eigenvalue weighted by molar-refractivity contribution is 0.453. The first-order valence-corrected chi connectivity index (χ1v) is 10.4. The topological polar surface area (TPSA) is 101 Å². The molecular weight excluding hydrogens is 456 g/mol. The molecule has 0 aliphatic rings. The Kier molecular flexibility index (Phi) is 8.36. The molecule has 0 saturated heterocycles. The van der Waals surface area contributed by atoms with Crippen molar-refractivity contribution in [2.24, 2.45) is 0 Å². The normalized spacial score (nSPS) is 9.65. The minimum Gasteiger partial charge on any atom is -0.437 e. The van der Waals surface area contributed by atoms with Crippen molar-refractivity contribution >= 4 is 39.1 Å². The Morgan fingerprint density at radius 1 is 1.16 bits per heavy atom. The van der Waals surface area contributed by atoms with E-state index in [9.17, 15) is 0 Å². The van der Waals surface area contributed by atoms with Gasteiger partial charge in [0, 0.05) is 5.69 Å². The van der Waals surface area contributed by atoms with Gasteiger partial charge < -0.3 is 15.8 Å². The van der Waals surface area contributed by atoms with Gasteiger partial charge in [0.1, 0.15) is 16.0 Å². The standard InChI is InChI=1S/C20H15BrN6O.C3H8/c1-11-8-15(24-3)9-12(2)17(11)28-19-16(21)18(23)26-20(27-19)25-14-6-4-13(10-22)5-7-14;1-3-2/h4-9H,1-2H3,(H3,23,25,26,27);3H2,1-2H3. The molecule has 7 nitrogen and oxygen atoms in total. The predicted molar refractivity (Wildman–Crippen MR) is 127 cm³/mol. The molecule has 0 aliphatic carbocycles. The lowest BCUT2D eigenvalue weighted by atomic mass is 10.1. The van der Waals surface area contributed by atoms with Crippen LogP contribution in [0.15, 0.2) is 40.9 Å². The number of halogens is 1. The summed E-state index contributed by atoms with van der Waals surface area (Å²) in [4.78, 5) is 12.1. The summed E-state index contributed by atoms with van der Waals surface area (Å²) in [6.45, 7) is 15.1. The molecule has 3 rings (SSSR count). The molecule has 0 unspecified atom stereocenters. The summed E-state index contributed by atoms with van der Waals surface area (Å²) >= 11 is 3.37. The number of nitrogens with two attached hydrogens (primary N) is 1. The minimum atomic E-state index is 0.217. The second kappa shape index (κ2) is 11.0. The summed E-state index contributed by atoms with van der Waals surface area (Å²) in [6, 6.07) is 12.4. The number of ether oxygens (including phenoxy) is 1. The van der Waals surface area contributed by atoms with Crippen molar-refractivity contribution in [3.63, 3.8) is 0 Å². The molecule has 0 aliphatic heterocycles. The maximum Gasteiger partial charge on any atom is 0.240 e. The molecular formula is C23H23BrN6O. The SMILES string of the molecule is CCC.[C-]#[N+]c1cc(C)c(Oc2nc(Nc3ccc(C#N)cc3)nc(N)c2Br)c(C)c1. The van der Waals surface area contributed by atoms with Gasteiger partial charge in [-0.25, -0.2) is 4.85 Å². The molecule has 0 radical (unpaired) electrons. The highest BCUT2D eigenvalue weighted by atomic mass is 79.9. The molecule has 0 bridgehead atoms. The van der Waals surface area contributed by atoms with Crippen molar-refractivity contribution in [3.8, 4) is 17.7 Å². The number of anilines is 3. The van der Waals surface area contributed by atoms with Crippen LogP contribution >= 0.6 is 15.9 Å². The van der Waals surface area contributed by atoms with Crippen molar-refractivity contribution < 1.29 is 4.74 Å². The minimum absolute atomic E-state index is 0.217. The third-order valence-corrected chi connectivity index (χ3v) is 4.63. The number of hydrogen-bond donors (Lipinski definition) is 2. The van der Waals surface area contributed by atoms with E-state index >= 15 is 0 Å². The van der Waals surface area contributed by atoms with Crippen molar-refractivity contribution in [1.29, 1.82) is 5.26 Å². The number of nitrogen functional groups attached to an aromatic ring is 1. The number of nitrogens with zero attached hydrogens (tertiary/aromatic N) is 4. The van der Waals surface area contributed by atoms with Gasteiger partial charge >= 0.3 is 0 Å².